The zero-order valence-corrected chi connectivity index (χ0v) is 19.8. The molecular formula is C24H28N6O2S. The zero-order valence-electron chi connectivity index (χ0n) is 19.0. The highest BCUT2D eigenvalue weighted by Crippen LogP contribution is 2.26. The Hall–Kier alpha value is -3.27. The first kappa shape index (κ1) is 22.9. The van der Waals surface area contributed by atoms with E-state index >= 15 is 0 Å². The van der Waals surface area contributed by atoms with E-state index in [9.17, 15) is 8.42 Å². The number of fused-ring (bicyclic) bond motifs is 1. The third-order valence-corrected chi connectivity index (χ3v) is 6.76. The summed E-state index contributed by atoms with van der Waals surface area (Å²) in [5, 5.41) is 7.88. The van der Waals surface area contributed by atoms with Gasteiger partial charge < -0.3 is 10.2 Å². The summed E-state index contributed by atoms with van der Waals surface area (Å²) in [5.41, 5.74) is 4.45. The fourth-order valence-corrected chi connectivity index (χ4v) is 4.48. The second-order valence-corrected chi connectivity index (χ2v) is 9.77. The highest BCUT2D eigenvalue weighted by molar-refractivity contribution is 7.89. The van der Waals surface area contributed by atoms with Crippen LogP contribution in [0.1, 0.15) is 12.5 Å². The molecule has 0 saturated carbocycles. The number of aromatic nitrogens is 3. The molecule has 0 aliphatic heterocycles. The van der Waals surface area contributed by atoms with Crippen LogP contribution in [0.2, 0.25) is 0 Å². The molecule has 33 heavy (non-hydrogen) atoms. The Morgan fingerprint density at radius 3 is 2.42 bits per heavy atom. The monoisotopic (exact) mass is 464 g/mol. The van der Waals surface area contributed by atoms with Crippen LogP contribution in [0.3, 0.4) is 0 Å². The van der Waals surface area contributed by atoms with E-state index in [2.05, 4.69) is 22.1 Å². The van der Waals surface area contributed by atoms with Crippen LogP contribution in [0.4, 0.5) is 11.5 Å². The van der Waals surface area contributed by atoms with Gasteiger partial charge >= 0.3 is 0 Å². The van der Waals surface area contributed by atoms with Crippen molar-refractivity contribution in [3.63, 3.8) is 0 Å². The SMILES string of the molecule is CCc1cnn2c(Nc3ccc(S(=O)(=O)NCCN(C)C)cc3)cc(-c3ccccc3)nc12. The number of likely N-dealkylation sites (N-methyl/N-ethyl adjacent to an activating group) is 1. The molecule has 0 amide bonds. The summed E-state index contributed by atoms with van der Waals surface area (Å²) in [5.74, 6) is 0.748. The van der Waals surface area contributed by atoms with Crippen LogP contribution < -0.4 is 10.0 Å². The van der Waals surface area contributed by atoms with Crippen LogP contribution in [0.5, 0.6) is 0 Å². The van der Waals surface area contributed by atoms with Gasteiger partial charge in [-0.2, -0.15) is 9.61 Å². The minimum absolute atomic E-state index is 0.226. The van der Waals surface area contributed by atoms with Crippen LogP contribution in [0.15, 0.2) is 71.8 Å². The third-order valence-electron chi connectivity index (χ3n) is 5.28. The van der Waals surface area contributed by atoms with Gasteiger partial charge in [-0.15, -0.1) is 0 Å². The van der Waals surface area contributed by atoms with E-state index in [1.54, 1.807) is 28.8 Å². The van der Waals surface area contributed by atoms with Gasteiger partial charge in [0.15, 0.2) is 5.65 Å². The molecule has 0 spiro atoms. The fraction of sp³-hybridized carbons (Fsp3) is 0.250. The molecule has 0 fully saturated rings. The number of benzene rings is 2. The summed E-state index contributed by atoms with van der Waals surface area (Å²) >= 11 is 0. The first-order valence-electron chi connectivity index (χ1n) is 10.8. The maximum absolute atomic E-state index is 12.5. The van der Waals surface area contributed by atoms with Gasteiger partial charge in [-0.25, -0.2) is 18.1 Å². The number of hydrogen-bond acceptors (Lipinski definition) is 6. The Morgan fingerprint density at radius 1 is 1.03 bits per heavy atom. The van der Waals surface area contributed by atoms with Gasteiger partial charge in [0.05, 0.1) is 16.8 Å². The Bertz CT molecular complexity index is 1330. The number of nitrogens with one attached hydrogen (secondary N) is 2. The Labute approximate surface area is 194 Å². The lowest BCUT2D eigenvalue weighted by Gasteiger charge is -2.13. The summed E-state index contributed by atoms with van der Waals surface area (Å²) in [6.07, 6.45) is 2.65. The molecule has 9 heteroatoms. The Kier molecular flexibility index (Phi) is 6.73. The zero-order chi connectivity index (χ0) is 23.4. The molecule has 0 radical (unpaired) electrons. The number of rotatable bonds is 9. The normalized spacial score (nSPS) is 11.9. The van der Waals surface area contributed by atoms with E-state index in [0.29, 0.717) is 13.1 Å². The molecule has 172 valence electrons. The minimum Gasteiger partial charge on any atom is -0.340 e. The maximum atomic E-state index is 12.5. The van der Waals surface area contributed by atoms with Gasteiger partial charge in [0, 0.05) is 36.0 Å². The van der Waals surface area contributed by atoms with Crippen LogP contribution in [-0.4, -0.2) is 55.1 Å². The topological polar surface area (TPSA) is 91.6 Å². The van der Waals surface area contributed by atoms with Gasteiger partial charge in [-0.05, 0) is 44.8 Å². The second kappa shape index (κ2) is 9.70. The molecule has 2 aromatic heterocycles. The van der Waals surface area contributed by atoms with Crippen molar-refractivity contribution >= 4 is 27.2 Å². The van der Waals surface area contributed by atoms with E-state index in [1.165, 1.54) is 0 Å². The predicted molar refractivity (Wildman–Crippen MR) is 131 cm³/mol. The van der Waals surface area contributed by atoms with Crippen LogP contribution in [0.25, 0.3) is 16.9 Å². The lowest BCUT2D eigenvalue weighted by Crippen LogP contribution is -2.31. The van der Waals surface area contributed by atoms with Crippen molar-refractivity contribution in [2.45, 2.75) is 18.2 Å². The molecule has 4 aromatic rings. The molecule has 4 rings (SSSR count). The molecule has 0 saturated heterocycles. The molecule has 2 N–H and O–H groups in total. The lowest BCUT2D eigenvalue weighted by atomic mass is 10.1. The molecule has 0 aliphatic carbocycles. The Balaban J connectivity index is 1.63. The standard InChI is InChI=1S/C24H28N6O2S/c1-4-18-17-25-30-23(16-22(28-24(18)30)19-8-6-5-7-9-19)27-20-10-12-21(13-11-20)33(31,32)26-14-15-29(2)3/h5-13,16-17,26-27H,4,14-15H2,1-3H3. The average Bonchev–Trinajstić information content (AvgIpc) is 3.23. The van der Waals surface area contributed by atoms with Crippen molar-refractivity contribution in [2.24, 2.45) is 0 Å². The number of sulfonamides is 1. The van der Waals surface area contributed by atoms with Crippen molar-refractivity contribution in [1.82, 2.24) is 24.2 Å². The van der Waals surface area contributed by atoms with Crippen molar-refractivity contribution < 1.29 is 8.42 Å². The van der Waals surface area contributed by atoms with Gasteiger partial charge in [0.2, 0.25) is 10.0 Å². The molecule has 2 heterocycles. The smallest absolute Gasteiger partial charge is 0.240 e. The first-order valence-corrected chi connectivity index (χ1v) is 12.3. The molecular weight excluding hydrogens is 436 g/mol. The third kappa shape index (κ3) is 5.22. The number of aryl methyl sites for hydroxylation is 1. The number of nitrogens with zero attached hydrogens (tertiary/aromatic N) is 4. The summed E-state index contributed by atoms with van der Waals surface area (Å²) in [7, 11) is 0.245. The molecule has 0 aliphatic rings. The quantitative estimate of drug-likeness (QED) is 0.394. The Morgan fingerprint density at radius 2 is 1.76 bits per heavy atom. The summed E-state index contributed by atoms with van der Waals surface area (Å²) in [6.45, 7) is 3.06. The maximum Gasteiger partial charge on any atom is 0.240 e. The van der Waals surface area contributed by atoms with E-state index in [0.717, 1.165) is 40.4 Å². The lowest BCUT2D eigenvalue weighted by molar-refractivity contribution is 0.412. The van der Waals surface area contributed by atoms with Gasteiger partial charge in [-0.1, -0.05) is 37.3 Å². The van der Waals surface area contributed by atoms with Crippen molar-refractivity contribution in [3.05, 3.63) is 72.4 Å². The highest BCUT2D eigenvalue weighted by Gasteiger charge is 2.15. The molecule has 8 nitrogen and oxygen atoms in total. The largest absolute Gasteiger partial charge is 0.340 e. The second-order valence-electron chi connectivity index (χ2n) is 8.00. The van der Waals surface area contributed by atoms with E-state index in [1.807, 2.05) is 61.6 Å². The van der Waals surface area contributed by atoms with Crippen LogP contribution >= 0.6 is 0 Å². The van der Waals surface area contributed by atoms with Gasteiger partial charge in [0.1, 0.15) is 5.82 Å². The molecule has 2 aromatic carbocycles. The predicted octanol–water partition coefficient (Wildman–Crippen LogP) is 3.54. The van der Waals surface area contributed by atoms with Crippen LogP contribution in [-0.2, 0) is 16.4 Å². The van der Waals surface area contributed by atoms with Gasteiger partial charge in [0.25, 0.3) is 0 Å². The fourth-order valence-electron chi connectivity index (χ4n) is 3.46. The highest BCUT2D eigenvalue weighted by atomic mass is 32.2. The van der Waals surface area contributed by atoms with Crippen molar-refractivity contribution in [1.29, 1.82) is 0 Å². The van der Waals surface area contributed by atoms with E-state index in [-0.39, 0.29) is 4.90 Å². The number of anilines is 2. The molecule has 0 bridgehead atoms. The van der Waals surface area contributed by atoms with Crippen LogP contribution in [0, 0.1) is 0 Å². The average molecular weight is 465 g/mol. The summed E-state index contributed by atoms with van der Waals surface area (Å²) in [4.78, 5) is 6.99. The van der Waals surface area contributed by atoms with E-state index < -0.39 is 10.0 Å². The van der Waals surface area contributed by atoms with Crippen molar-refractivity contribution in [2.75, 3.05) is 32.5 Å². The summed E-state index contributed by atoms with van der Waals surface area (Å²) < 4.78 is 29.4. The van der Waals surface area contributed by atoms with E-state index in [4.69, 9.17) is 4.98 Å². The molecule has 0 atom stereocenters. The van der Waals surface area contributed by atoms with Gasteiger partial charge in [-0.3, -0.25) is 0 Å². The number of hydrogen-bond donors (Lipinski definition) is 2. The minimum atomic E-state index is -3.56. The van der Waals surface area contributed by atoms with Crippen molar-refractivity contribution in [3.8, 4) is 11.3 Å². The molecule has 0 unspecified atom stereocenters. The summed E-state index contributed by atoms with van der Waals surface area (Å²) in [6, 6.07) is 18.6. The first-order chi connectivity index (χ1) is 15.9.